The normalized spacial score (nSPS) is 13.8. The smallest absolute Gasteiger partial charge is 0.194 e. The van der Waals surface area contributed by atoms with Gasteiger partial charge in [-0.15, -0.1) is 24.0 Å². The van der Waals surface area contributed by atoms with Gasteiger partial charge in [0.15, 0.2) is 5.96 Å². The lowest BCUT2D eigenvalue weighted by atomic mass is 10.2. The molecule has 6 nitrogen and oxygen atoms in total. The lowest BCUT2D eigenvalue weighted by Crippen LogP contribution is -2.40. The topological polar surface area (TPSA) is 55.3 Å². The SMILES string of the molecule is CCNC(=NCc1ccc(OCCOC)cc1)N(C)CCOCC1CC1.I. The van der Waals surface area contributed by atoms with Gasteiger partial charge in [0.1, 0.15) is 12.4 Å². The monoisotopic (exact) mass is 491 g/mol. The minimum atomic E-state index is 0. The van der Waals surface area contributed by atoms with Crippen molar-refractivity contribution in [2.24, 2.45) is 10.9 Å². The van der Waals surface area contributed by atoms with Gasteiger partial charge >= 0.3 is 0 Å². The number of guanidine groups is 1. The number of aliphatic imine (C=N–C) groups is 1. The maximum absolute atomic E-state index is 5.73. The van der Waals surface area contributed by atoms with E-state index in [0.29, 0.717) is 19.8 Å². The predicted octanol–water partition coefficient (Wildman–Crippen LogP) is 3.15. The molecule has 1 saturated carbocycles. The molecule has 1 aromatic rings. The summed E-state index contributed by atoms with van der Waals surface area (Å²) in [6.45, 7) is 7.20. The zero-order chi connectivity index (χ0) is 18.6. The Labute approximate surface area is 180 Å². The molecule has 0 amide bonds. The fraction of sp³-hybridized carbons (Fsp3) is 0.650. The number of hydrogen-bond donors (Lipinski definition) is 1. The van der Waals surface area contributed by atoms with E-state index in [-0.39, 0.29) is 24.0 Å². The maximum Gasteiger partial charge on any atom is 0.194 e. The van der Waals surface area contributed by atoms with E-state index in [9.17, 15) is 0 Å². The van der Waals surface area contributed by atoms with E-state index < -0.39 is 0 Å². The van der Waals surface area contributed by atoms with Crippen LogP contribution in [0.2, 0.25) is 0 Å². The molecule has 0 atom stereocenters. The Kier molecular flexibility index (Phi) is 12.4. The fourth-order valence-corrected chi connectivity index (χ4v) is 2.41. The van der Waals surface area contributed by atoms with Gasteiger partial charge < -0.3 is 24.4 Å². The molecule has 0 aromatic heterocycles. The van der Waals surface area contributed by atoms with Crippen LogP contribution in [0.15, 0.2) is 29.3 Å². The highest BCUT2D eigenvalue weighted by Gasteiger charge is 2.21. The van der Waals surface area contributed by atoms with Gasteiger partial charge in [-0.2, -0.15) is 0 Å². The van der Waals surface area contributed by atoms with Crippen LogP contribution in [-0.4, -0.2) is 64.5 Å². The first kappa shape index (κ1) is 24.0. The molecule has 1 aliphatic carbocycles. The number of ether oxygens (including phenoxy) is 3. The molecule has 0 aliphatic heterocycles. The highest BCUT2D eigenvalue weighted by Crippen LogP contribution is 2.28. The van der Waals surface area contributed by atoms with Crippen LogP contribution in [0.3, 0.4) is 0 Å². The van der Waals surface area contributed by atoms with E-state index in [1.54, 1.807) is 7.11 Å². The van der Waals surface area contributed by atoms with Crippen LogP contribution in [0.25, 0.3) is 0 Å². The number of rotatable bonds is 12. The largest absolute Gasteiger partial charge is 0.491 e. The minimum Gasteiger partial charge on any atom is -0.491 e. The molecule has 0 radical (unpaired) electrons. The molecule has 7 heteroatoms. The molecule has 0 saturated heterocycles. The first-order chi connectivity index (χ1) is 12.7. The van der Waals surface area contributed by atoms with Crippen molar-refractivity contribution in [2.75, 3.05) is 53.7 Å². The predicted molar refractivity (Wildman–Crippen MR) is 120 cm³/mol. The summed E-state index contributed by atoms with van der Waals surface area (Å²) in [5, 5.41) is 3.34. The van der Waals surface area contributed by atoms with Gasteiger partial charge in [-0.05, 0) is 43.4 Å². The Hall–Kier alpha value is -1.06. The van der Waals surface area contributed by atoms with Gasteiger partial charge in [-0.25, -0.2) is 4.99 Å². The van der Waals surface area contributed by atoms with Gasteiger partial charge in [-0.3, -0.25) is 0 Å². The third kappa shape index (κ3) is 10.2. The fourth-order valence-electron chi connectivity index (χ4n) is 2.41. The van der Waals surface area contributed by atoms with Crippen molar-refractivity contribution in [1.29, 1.82) is 0 Å². The number of benzene rings is 1. The summed E-state index contributed by atoms with van der Waals surface area (Å²) >= 11 is 0. The number of nitrogens with zero attached hydrogens (tertiary/aromatic N) is 2. The first-order valence-corrected chi connectivity index (χ1v) is 9.50. The standard InChI is InChI=1S/C20H33N3O3.HI/c1-4-21-20(23(2)11-12-25-16-18-5-6-18)22-15-17-7-9-19(10-8-17)26-14-13-24-3;/h7-10,18H,4-6,11-16H2,1-3H3,(H,21,22);1H. The molecular formula is C20H34IN3O3. The average Bonchev–Trinajstić information content (AvgIpc) is 3.48. The van der Waals surface area contributed by atoms with Gasteiger partial charge in [0.2, 0.25) is 0 Å². The van der Waals surface area contributed by atoms with E-state index in [1.165, 1.54) is 12.8 Å². The minimum absolute atomic E-state index is 0. The van der Waals surface area contributed by atoms with Crippen LogP contribution in [0.5, 0.6) is 5.75 Å². The van der Waals surface area contributed by atoms with E-state index in [4.69, 9.17) is 19.2 Å². The molecule has 1 aliphatic rings. The lowest BCUT2D eigenvalue weighted by Gasteiger charge is -2.22. The Balaban J connectivity index is 0.00000364. The number of hydrogen-bond acceptors (Lipinski definition) is 4. The Morgan fingerprint density at radius 3 is 2.56 bits per heavy atom. The molecular weight excluding hydrogens is 457 g/mol. The van der Waals surface area contributed by atoms with Crippen LogP contribution in [0.4, 0.5) is 0 Å². The zero-order valence-corrected chi connectivity index (χ0v) is 19.1. The Morgan fingerprint density at radius 2 is 1.93 bits per heavy atom. The average molecular weight is 491 g/mol. The van der Waals surface area contributed by atoms with E-state index in [0.717, 1.165) is 49.5 Å². The number of halogens is 1. The first-order valence-electron chi connectivity index (χ1n) is 9.50. The summed E-state index contributed by atoms with van der Waals surface area (Å²) in [5.41, 5.74) is 1.15. The van der Waals surface area contributed by atoms with Crippen LogP contribution in [-0.2, 0) is 16.0 Å². The molecule has 1 N–H and O–H groups in total. The second kappa shape index (κ2) is 14.0. The molecule has 27 heavy (non-hydrogen) atoms. The van der Waals surface area contributed by atoms with E-state index in [2.05, 4.69) is 24.2 Å². The van der Waals surface area contributed by atoms with Gasteiger partial charge in [0, 0.05) is 33.9 Å². The van der Waals surface area contributed by atoms with Crippen molar-refractivity contribution in [2.45, 2.75) is 26.3 Å². The van der Waals surface area contributed by atoms with Crippen molar-refractivity contribution < 1.29 is 14.2 Å². The third-order valence-corrected chi connectivity index (χ3v) is 4.21. The van der Waals surface area contributed by atoms with E-state index in [1.807, 2.05) is 24.3 Å². The van der Waals surface area contributed by atoms with Gasteiger partial charge in [-0.1, -0.05) is 12.1 Å². The molecule has 154 valence electrons. The van der Waals surface area contributed by atoms with Crippen molar-refractivity contribution in [3.63, 3.8) is 0 Å². The van der Waals surface area contributed by atoms with Crippen molar-refractivity contribution in [3.8, 4) is 5.75 Å². The molecule has 0 unspecified atom stereocenters. The van der Waals surface area contributed by atoms with Crippen molar-refractivity contribution >= 4 is 29.9 Å². The molecule has 2 rings (SSSR count). The Morgan fingerprint density at radius 1 is 1.19 bits per heavy atom. The highest BCUT2D eigenvalue weighted by molar-refractivity contribution is 14.0. The summed E-state index contributed by atoms with van der Waals surface area (Å²) in [7, 11) is 3.72. The van der Waals surface area contributed by atoms with Gasteiger partial charge in [0.05, 0.1) is 19.8 Å². The van der Waals surface area contributed by atoms with Crippen LogP contribution < -0.4 is 10.1 Å². The molecule has 1 fully saturated rings. The quantitative estimate of drug-likeness (QED) is 0.211. The van der Waals surface area contributed by atoms with Crippen LogP contribution in [0, 0.1) is 5.92 Å². The van der Waals surface area contributed by atoms with E-state index >= 15 is 0 Å². The third-order valence-electron chi connectivity index (χ3n) is 4.21. The second-order valence-electron chi connectivity index (χ2n) is 6.60. The summed E-state index contributed by atoms with van der Waals surface area (Å²) in [4.78, 5) is 6.85. The second-order valence-corrected chi connectivity index (χ2v) is 6.60. The van der Waals surface area contributed by atoms with Crippen molar-refractivity contribution in [3.05, 3.63) is 29.8 Å². The maximum atomic E-state index is 5.73. The highest BCUT2D eigenvalue weighted by atomic mass is 127. The van der Waals surface area contributed by atoms with Crippen LogP contribution >= 0.6 is 24.0 Å². The van der Waals surface area contributed by atoms with Gasteiger partial charge in [0.25, 0.3) is 0 Å². The number of nitrogens with one attached hydrogen (secondary N) is 1. The van der Waals surface area contributed by atoms with Crippen LogP contribution in [0.1, 0.15) is 25.3 Å². The zero-order valence-electron chi connectivity index (χ0n) is 16.8. The summed E-state index contributed by atoms with van der Waals surface area (Å²) in [6, 6.07) is 8.05. The summed E-state index contributed by atoms with van der Waals surface area (Å²) < 4.78 is 16.3. The Bertz CT molecular complexity index is 536. The molecule has 0 spiro atoms. The number of likely N-dealkylation sites (N-methyl/N-ethyl adjacent to an activating group) is 1. The molecule has 1 aromatic carbocycles. The summed E-state index contributed by atoms with van der Waals surface area (Å²) in [6.07, 6.45) is 2.66. The lowest BCUT2D eigenvalue weighted by molar-refractivity contribution is 0.115. The van der Waals surface area contributed by atoms with Crippen molar-refractivity contribution in [1.82, 2.24) is 10.2 Å². The molecule has 0 heterocycles. The summed E-state index contributed by atoms with van der Waals surface area (Å²) in [5.74, 6) is 2.57. The molecule has 0 bridgehead atoms. The number of methoxy groups -OCH3 is 1.